The Hall–Kier alpha value is -4.98. The molecule has 8 rings (SSSR count). The molecule has 6 aromatic rings. The monoisotopic (exact) mass is 681 g/mol. The van der Waals surface area contributed by atoms with Crippen molar-refractivity contribution in [2.24, 2.45) is 0 Å². The summed E-state index contributed by atoms with van der Waals surface area (Å²) in [5.74, 6) is 1.14. The molecule has 6 heterocycles. The van der Waals surface area contributed by atoms with Crippen LogP contribution < -0.4 is 10.5 Å². The molecule has 12 nitrogen and oxygen atoms in total. The van der Waals surface area contributed by atoms with Crippen LogP contribution in [0, 0.1) is 5.82 Å². The van der Waals surface area contributed by atoms with Crippen LogP contribution in [-0.4, -0.2) is 70.7 Å². The van der Waals surface area contributed by atoms with E-state index in [2.05, 4.69) is 24.4 Å². The standard InChI is InChI=1S/C35H33ClFN9O3/c36-24-6-4-23(26(37)15-24)19-49-32-3-1-2-27(42-32)21-8-11-44(12-9-21)18-31-41-28-14-22(5-7-29(28)45(31)17-25-10-13-48-25)34(47)46-20-40-33-30(46)16-39-35(38)43-33/h1-7,14-16,20-21,25H,8-13,17-19H2,(H2,38,39,43)/t25-/m0/s1. The average Bonchev–Trinajstić information content (AvgIpc) is 3.66. The lowest BCUT2D eigenvalue weighted by molar-refractivity contribution is -0.0592. The maximum Gasteiger partial charge on any atom is 0.263 e. The summed E-state index contributed by atoms with van der Waals surface area (Å²) in [6, 6.07) is 15.9. The smallest absolute Gasteiger partial charge is 0.263 e. The van der Waals surface area contributed by atoms with E-state index in [0.29, 0.717) is 46.3 Å². The molecule has 0 bridgehead atoms. The average molecular weight is 682 g/mol. The predicted octanol–water partition coefficient (Wildman–Crippen LogP) is 5.38. The molecule has 49 heavy (non-hydrogen) atoms. The number of fused-ring (bicyclic) bond motifs is 2. The van der Waals surface area contributed by atoms with Gasteiger partial charge in [-0.1, -0.05) is 23.7 Å². The second kappa shape index (κ2) is 13.1. The molecular formula is C35H33ClFN9O3. The van der Waals surface area contributed by atoms with Crippen molar-refractivity contribution in [2.75, 3.05) is 25.4 Å². The number of halogens is 2. The number of nitrogens with two attached hydrogens (primary N) is 1. The van der Waals surface area contributed by atoms with Gasteiger partial charge < -0.3 is 19.8 Å². The van der Waals surface area contributed by atoms with Crippen LogP contribution in [-0.2, 0) is 24.4 Å². The summed E-state index contributed by atoms with van der Waals surface area (Å²) in [4.78, 5) is 38.1. The van der Waals surface area contributed by atoms with Gasteiger partial charge in [0, 0.05) is 40.4 Å². The van der Waals surface area contributed by atoms with Crippen molar-refractivity contribution in [3.8, 4) is 5.88 Å². The zero-order chi connectivity index (χ0) is 33.5. The summed E-state index contributed by atoms with van der Waals surface area (Å²) in [5.41, 5.74) is 10.1. The Bertz CT molecular complexity index is 2180. The number of pyridine rings is 1. The summed E-state index contributed by atoms with van der Waals surface area (Å²) < 4.78 is 29.5. The van der Waals surface area contributed by atoms with Crippen molar-refractivity contribution in [2.45, 2.75) is 51.0 Å². The van der Waals surface area contributed by atoms with Crippen LogP contribution in [0.3, 0.4) is 0 Å². The number of ether oxygens (including phenoxy) is 2. The lowest BCUT2D eigenvalue weighted by Crippen LogP contribution is -2.35. The molecule has 0 aliphatic carbocycles. The van der Waals surface area contributed by atoms with E-state index in [0.717, 1.165) is 61.5 Å². The topological polar surface area (TPSA) is 139 Å². The molecule has 0 unspecified atom stereocenters. The summed E-state index contributed by atoms with van der Waals surface area (Å²) in [5, 5.41) is 0.349. The van der Waals surface area contributed by atoms with Gasteiger partial charge in [0.15, 0.2) is 5.65 Å². The highest BCUT2D eigenvalue weighted by Gasteiger charge is 2.26. The van der Waals surface area contributed by atoms with Gasteiger partial charge in [0.25, 0.3) is 5.91 Å². The quantitative estimate of drug-likeness (QED) is 0.212. The van der Waals surface area contributed by atoms with Crippen molar-refractivity contribution in [3.05, 3.63) is 101 Å². The van der Waals surface area contributed by atoms with E-state index in [4.69, 9.17) is 36.8 Å². The number of carbonyl (C=O) groups excluding carboxylic acids is 1. The third kappa shape index (κ3) is 6.44. The fourth-order valence-corrected chi connectivity index (χ4v) is 6.66. The van der Waals surface area contributed by atoms with E-state index in [9.17, 15) is 9.18 Å². The third-order valence-corrected chi connectivity index (χ3v) is 9.54. The van der Waals surface area contributed by atoms with E-state index in [1.165, 1.54) is 23.2 Å². The summed E-state index contributed by atoms with van der Waals surface area (Å²) in [6.45, 7) is 3.97. The molecule has 2 aromatic carbocycles. The molecule has 250 valence electrons. The van der Waals surface area contributed by atoms with Gasteiger partial charge >= 0.3 is 0 Å². The number of nitrogen functional groups attached to an aromatic ring is 1. The Balaban J connectivity index is 0.964. The number of aromatic nitrogens is 7. The van der Waals surface area contributed by atoms with Crippen molar-refractivity contribution < 1.29 is 18.7 Å². The SMILES string of the molecule is Nc1ncc2c(ncn2C(=O)c2ccc3c(c2)nc(CN2CCC(c4cccc(OCc5ccc(Cl)cc5F)n4)CC2)n3C[C@@H]2CCO2)n1. The molecule has 2 N–H and O–H groups in total. The third-order valence-electron chi connectivity index (χ3n) is 9.30. The highest BCUT2D eigenvalue weighted by atomic mass is 35.5. The molecule has 0 spiro atoms. The second-order valence-electron chi connectivity index (χ2n) is 12.5. The van der Waals surface area contributed by atoms with Crippen molar-refractivity contribution in [1.29, 1.82) is 0 Å². The van der Waals surface area contributed by atoms with Crippen LogP contribution in [0.15, 0.2) is 67.1 Å². The van der Waals surface area contributed by atoms with Gasteiger partial charge in [-0.15, -0.1) is 0 Å². The van der Waals surface area contributed by atoms with E-state index in [1.54, 1.807) is 18.2 Å². The van der Waals surface area contributed by atoms with Gasteiger partial charge in [-0.2, -0.15) is 4.98 Å². The highest BCUT2D eigenvalue weighted by Crippen LogP contribution is 2.30. The first kappa shape index (κ1) is 31.3. The first-order valence-corrected chi connectivity index (χ1v) is 16.6. The molecule has 0 saturated carbocycles. The van der Waals surface area contributed by atoms with Crippen molar-refractivity contribution >= 4 is 45.7 Å². The van der Waals surface area contributed by atoms with Gasteiger partial charge in [0.1, 0.15) is 30.1 Å². The zero-order valence-corrected chi connectivity index (χ0v) is 27.3. The Morgan fingerprint density at radius 2 is 1.88 bits per heavy atom. The molecule has 4 aromatic heterocycles. The fraction of sp³-hybridized carbons (Fsp3) is 0.314. The molecule has 0 amide bonds. The number of nitrogens with zero attached hydrogens (tertiary/aromatic N) is 8. The van der Waals surface area contributed by atoms with Crippen LogP contribution in [0.25, 0.3) is 22.2 Å². The first-order valence-electron chi connectivity index (χ1n) is 16.2. The van der Waals surface area contributed by atoms with E-state index >= 15 is 0 Å². The number of hydrogen-bond donors (Lipinski definition) is 1. The summed E-state index contributed by atoms with van der Waals surface area (Å²) in [6.07, 6.45) is 5.95. The van der Waals surface area contributed by atoms with Crippen LogP contribution in [0.1, 0.15) is 52.6 Å². The molecule has 1 atom stereocenters. The van der Waals surface area contributed by atoms with E-state index < -0.39 is 5.82 Å². The van der Waals surface area contributed by atoms with Gasteiger partial charge in [0.05, 0.1) is 36.4 Å². The highest BCUT2D eigenvalue weighted by molar-refractivity contribution is 6.30. The largest absolute Gasteiger partial charge is 0.473 e. The van der Waals surface area contributed by atoms with Crippen LogP contribution in [0.4, 0.5) is 10.3 Å². The molecule has 2 aliphatic heterocycles. The maximum absolute atomic E-state index is 14.2. The Labute approximate surface area is 285 Å². The number of carbonyl (C=O) groups is 1. The van der Waals surface area contributed by atoms with Crippen LogP contribution >= 0.6 is 11.6 Å². The number of imidazole rings is 2. The van der Waals surface area contributed by atoms with Crippen LogP contribution in [0.2, 0.25) is 5.02 Å². The Morgan fingerprint density at radius 3 is 2.67 bits per heavy atom. The lowest BCUT2D eigenvalue weighted by Gasteiger charge is -2.32. The Morgan fingerprint density at radius 1 is 1.02 bits per heavy atom. The number of benzene rings is 2. The van der Waals surface area contributed by atoms with Crippen LogP contribution in [0.5, 0.6) is 5.88 Å². The zero-order valence-electron chi connectivity index (χ0n) is 26.5. The number of likely N-dealkylation sites (tertiary alicyclic amines) is 1. The summed E-state index contributed by atoms with van der Waals surface area (Å²) >= 11 is 5.88. The van der Waals surface area contributed by atoms with Crippen molar-refractivity contribution in [3.63, 3.8) is 0 Å². The molecule has 0 radical (unpaired) electrons. The summed E-state index contributed by atoms with van der Waals surface area (Å²) in [7, 11) is 0. The van der Waals surface area contributed by atoms with Gasteiger partial charge in [0.2, 0.25) is 11.8 Å². The van der Waals surface area contributed by atoms with Crippen molar-refractivity contribution in [1.82, 2.24) is 39.0 Å². The molecular weight excluding hydrogens is 649 g/mol. The normalized spacial score (nSPS) is 17.1. The minimum atomic E-state index is -0.399. The molecule has 2 aliphatic rings. The van der Waals surface area contributed by atoms with Gasteiger partial charge in [-0.25, -0.2) is 24.3 Å². The number of piperidine rings is 1. The van der Waals surface area contributed by atoms with Gasteiger partial charge in [-0.05, 0) is 68.8 Å². The molecule has 2 fully saturated rings. The van der Waals surface area contributed by atoms with E-state index in [1.807, 2.05) is 30.3 Å². The number of anilines is 1. The Kier molecular flexibility index (Phi) is 8.40. The minimum Gasteiger partial charge on any atom is -0.473 e. The maximum atomic E-state index is 14.2. The second-order valence-corrected chi connectivity index (χ2v) is 12.9. The fourth-order valence-electron chi connectivity index (χ4n) is 6.51. The number of hydrogen-bond acceptors (Lipinski definition) is 10. The lowest BCUT2D eigenvalue weighted by atomic mass is 9.93. The molecule has 2 saturated heterocycles. The number of rotatable bonds is 9. The first-order chi connectivity index (χ1) is 23.9. The molecule has 14 heteroatoms. The van der Waals surface area contributed by atoms with E-state index in [-0.39, 0.29) is 30.5 Å². The van der Waals surface area contributed by atoms with Gasteiger partial charge in [-0.3, -0.25) is 14.3 Å². The minimum absolute atomic E-state index is 0.0748. The predicted molar refractivity (Wildman–Crippen MR) is 181 cm³/mol.